The molecule has 0 rings (SSSR count). The maximum absolute atomic E-state index is 3.72. The molecule has 0 saturated carbocycles. The van der Waals surface area contributed by atoms with Gasteiger partial charge in [0.1, 0.15) is 0 Å². The van der Waals surface area contributed by atoms with Crippen LogP contribution < -0.4 is 0 Å². The molecule has 0 heterocycles. The fourth-order valence-corrected chi connectivity index (χ4v) is 0. The Balaban J connectivity index is -0.000000125. The van der Waals surface area contributed by atoms with Gasteiger partial charge in [-0.15, -0.1) is 13.8 Å². The van der Waals surface area contributed by atoms with Gasteiger partial charge in [-0.05, 0) is 0 Å². The van der Waals surface area contributed by atoms with E-state index in [0.717, 1.165) is 0 Å². The van der Waals surface area contributed by atoms with Crippen LogP contribution in [-0.4, -0.2) is 0 Å². The van der Waals surface area contributed by atoms with E-state index in [2.05, 4.69) is 20.8 Å². The minimum Gasteiger partial charge on any atom is -0.358 e. The van der Waals surface area contributed by atoms with Crippen molar-refractivity contribution in [3.05, 3.63) is 25.5 Å². The first-order chi connectivity index (χ1) is 2.64. The van der Waals surface area contributed by atoms with Gasteiger partial charge in [-0.2, -0.15) is 0 Å². The van der Waals surface area contributed by atoms with E-state index in [4.69, 9.17) is 0 Å². The maximum Gasteiger partial charge on any atom is 2.00 e. The molecule has 0 saturated heterocycles. The molecule has 0 aliphatic heterocycles. The van der Waals surface area contributed by atoms with E-state index >= 15 is 0 Å². The van der Waals surface area contributed by atoms with E-state index in [0.29, 0.717) is 0 Å². The average Bonchev–Trinajstić information content (AvgIpc) is 1.36. The number of hydrogen-bond acceptors (Lipinski definition) is 0. The second-order valence-electron chi connectivity index (χ2n) is 1.78. The molecule has 0 aromatic heterocycles. The Kier molecular flexibility index (Phi) is 14.4. The largest absolute Gasteiger partial charge is 2.00 e. The molecule has 0 atom stereocenters. The first-order valence-corrected chi connectivity index (χ1v) is 2.10. The molecule has 0 fully saturated rings. The monoisotopic (exact) mass is 282 g/mol. The van der Waals surface area contributed by atoms with Crippen LogP contribution in [-0.2, 0) is 21.1 Å². The van der Waals surface area contributed by atoms with Crippen LogP contribution in [0.2, 0.25) is 0 Å². The third kappa shape index (κ3) is 9.57. The van der Waals surface area contributed by atoms with Crippen molar-refractivity contribution in [2.75, 3.05) is 0 Å². The second kappa shape index (κ2) is 7.30. The molecule has 0 unspecified atom stereocenters. The van der Waals surface area contributed by atoms with Crippen molar-refractivity contribution < 1.29 is 21.1 Å². The van der Waals surface area contributed by atoms with Crippen LogP contribution in [0.3, 0.4) is 0 Å². The molecule has 0 N–H and O–H groups in total. The molecule has 0 spiro atoms. The van der Waals surface area contributed by atoms with Crippen LogP contribution >= 0.6 is 0 Å². The van der Waals surface area contributed by atoms with Gasteiger partial charge in [0.15, 0.2) is 0 Å². The molecular formula is C7H14W. The van der Waals surface area contributed by atoms with Crippen LogP contribution in [0.5, 0.6) is 0 Å². The third-order valence-electron chi connectivity index (χ3n) is 0.854. The van der Waals surface area contributed by atoms with Gasteiger partial charge in [0.25, 0.3) is 0 Å². The summed E-state index contributed by atoms with van der Waals surface area (Å²) in [7, 11) is 0. The molecule has 0 aromatic carbocycles. The number of rotatable bonds is 0. The Hall–Kier alpha value is 0.298. The summed E-state index contributed by atoms with van der Waals surface area (Å²) in [4.78, 5) is 0. The summed E-state index contributed by atoms with van der Waals surface area (Å²) in [5, 5.41) is 0. The quantitative estimate of drug-likeness (QED) is 0.599. The van der Waals surface area contributed by atoms with Crippen LogP contribution in [0.4, 0.5) is 0 Å². The topological polar surface area (TPSA) is 0 Å². The summed E-state index contributed by atoms with van der Waals surface area (Å²) in [6.45, 7) is 9.84. The molecule has 0 nitrogen and oxygen atoms in total. The normalized spacial score (nSPS) is 5.88. The molecular weight excluding hydrogens is 268 g/mol. The van der Waals surface area contributed by atoms with Gasteiger partial charge in [0.05, 0.1) is 0 Å². The molecule has 0 amide bonds. The second-order valence-corrected chi connectivity index (χ2v) is 1.78. The van der Waals surface area contributed by atoms with Gasteiger partial charge >= 0.3 is 21.1 Å². The predicted molar refractivity (Wildman–Crippen MR) is 35.8 cm³/mol. The Morgan fingerprint density at radius 3 is 1.25 bits per heavy atom. The Labute approximate surface area is 67.6 Å². The molecule has 0 aliphatic rings. The molecule has 8 heavy (non-hydrogen) atoms. The van der Waals surface area contributed by atoms with E-state index in [1.165, 1.54) is 11.1 Å². The van der Waals surface area contributed by atoms with Crippen molar-refractivity contribution in [1.29, 1.82) is 0 Å². The first-order valence-electron chi connectivity index (χ1n) is 2.10. The molecule has 0 aliphatic carbocycles. The van der Waals surface area contributed by atoms with Gasteiger partial charge in [-0.3, -0.25) is 0 Å². The van der Waals surface area contributed by atoms with Gasteiger partial charge in [-0.25, -0.2) is 18.1 Å². The summed E-state index contributed by atoms with van der Waals surface area (Å²) in [5.41, 5.74) is 2.49. The summed E-state index contributed by atoms with van der Waals surface area (Å²) in [6.07, 6.45) is 0. The van der Waals surface area contributed by atoms with E-state index in [-0.39, 0.29) is 28.5 Å². The van der Waals surface area contributed by atoms with Crippen LogP contribution in [0.15, 0.2) is 11.1 Å². The summed E-state index contributed by atoms with van der Waals surface area (Å²) in [5.74, 6) is 0. The van der Waals surface area contributed by atoms with Gasteiger partial charge < -0.3 is 7.43 Å². The van der Waals surface area contributed by atoms with Gasteiger partial charge in [0, 0.05) is 0 Å². The Morgan fingerprint density at radius 2 is 1.25 bits per heavy atom. The van der Waals surface area contributed by atoms with Crippen molar-refractivity contribution in [3.63, 3.8) is 0 Å². The van der Waals surface area contributed by atoms with Crippen molar-refractivity contribution in [3.8, 4) is 0 Å². The molecule has 0 bridgehead atoms. The van der Waals surface area contributed by atoms with E-state index in [9.17, 15) is 0 Å². The zero-order chi connectivity index (χ0) is 5.15. The zero-order valence-corrected chi connectivity index (χ0v) is 9.05. The first kappa shape index (κ1) is 15.7. The summed E-state index contributed by atoms with van der Waals surface area (Å²) in [6, 6.07) is 0. The number of allylic oxidation sites excluding steroid dienone is 2. The summed E-state index contributed by atoms with van der Waals surface area (Å²) >= 11 is 0. The minimum atomic E-state index is 0. The Bertz CT molecular complexity index is 54.5. The fraction of sp³-hybridized carbons (Fsp3) is 0.429. The van der Waals surface area contributed by atoms with Gasteiger partial charge in [0.2, 0.25) is 0 Å². The van der Waals surface area contributed by atoms with Crippen molar-refractivity contribution in [2.24, 2.45) is 0 Å². The summed E-state index contributed by atoms with van der Waals surface area (Å²) < 4.78 is 0. The zero-order valence-electron chi connectivity index (χ0n) is 6.12. The standard InChI is InChI=1S/C6H11.CH3.W/c1-5(2)6(3)4;;/h1H2,2-4H3;1H3;/q2*-1;+2. The van der Waals surface area contributed by atoms with Crippen LogP contribution in [0, 0.1) is 14.4 Å². The number of hydrogen-bond donors (Lipinski definition) is 0. The van der Waals surface area contributed by atoms with Crippen molar-refractivity contribution in [1.82, 2.24) is 0 Å². The van der Waals surface area contributed by atoms with Gasteiger partial charge in [-0.1, -0.05) is 6.92 Å². The molecule has 48 valence electrons. The fourth-order valence-electron chi connectivity index (χ4n) is 0. The van der Waals surface area contributed by atoms with Crippen molar-refractivity contribution >= 4 is 0 Å². The maximum atomic E-state index is 3.72. The van der Waals surface area contributed by atoms with Crippen LogP contribution in [0.25, 0.3) is 0 Å². The van der Waals surface area contributed by atoms with E-state index in [1.54, 1.807) is 0 Å². The SMILES string of the molecule is [CH2-]C(C)=C(C)C.[CH3-].[W+2]. The third-order valence-corrected chi connectivity index (χ3v) is 0.854. The van der Waals surface area contributed by atoms with E-state index in [1.807, 2.05) is 6.92 Å². The minimum absolute atomic E-state index is 0. The molecule has 0 radical (unpaired) electrons. The average molecular weight is 282 g/mol. The molecule has 1 heteroatoms. The van der Waals surface area contributed by atoms with Crippen molar-refractivity contribution in [2.45, 2.75) is 20.8 Å². The van der Waals surface area contributed by atoms with E-state index < -0.39 is 0 Å². The molecule has 0 aromatic rings. The van der Waals surface area contributed by atoms with Crippen LogP contribution in [0.1, 0.15) is 20.8 Å². The predicted octanol–water partition coefficient (Wildman–Crippen LogP) is 2.62. The smallest absolute Gasteiger partial charge is 0.358 e. The Morgan fingerprint density at radius 1 is 1.12 bits per heavy atom.